The Kier molecular flexibility index (Phi) is 4.55. The van der Waals surface area contributed by atoms with E-state index in [4.69, 9.17) is 11.0 Å². The van der Waals surface area contributed by atoms with Gasteiger partial charge in [-0.25, -0.2) is 0 Å². The van der Waals surface area contributed by atoms with Gasteiger partial charge in [0.15, 0.2) is 0 Å². The minimum atomic E-state index is 0.0664. The van der Waals surface area contributed by atoms with E-state index in [1.165, 1.54) is 6.20 Å². The maximum atomic E-state index is 8.61. The van der Waals surface area contributed by atoms with Crippen LogP contribution in [0.3, 0.4) is 0 Å². The molecular weight excluding hydrogens is 148 g/mol. The third-order valence-electron chi connectivity index (χ3n) is 1.47. The summed E-state index contributed by atoms with van der Waals surface area (Å²) in [6.45, 7) is 7.54. The fraction of sp³-hybridized carbons (Fsp3) is 0.300. The summed E-state index contributed by atoms with van der Waals surface area (Å²) in [5.74, 6) is 0.0664. The average Bonchev–Trinajstić information content (AvgIpc) is 2.03. The van der Waals surface area contributed by atoms with Crippen LogP contribution in [0.1, 0.15) is 13.8 Å². The molecule has 0 aromatic rings. The van der Waals surface area contributed by atoms with E-state index in [0.717, 1.165) is 5.57 Å². The van der Waals surface area contributed by atoms with Crippen molar-refractivity contribution in [2.75, 3.05) is 0 Å². The van der Waals surface area contributed by atoms with Gasteiger partial charge in [0.05, 0.1) is 11.6 Å². The van der Waals surface area contributed by atoms with Crippen molar-refractivity contribution in [3.8, 4) is 6.07 Å². The minimum Gasteiger partial charge on any atom is -0.404 e. The van der Waals surface area contributed by atoms with Crippen LogP contribution in [-0.4, -0.2) is 0 Å². The van der Waals surface area contributed by atoms with E-state index in [9.17, 15) is 0 Å². The van der Waals surface area contributed by atoms with Crippen molar-refractivity contribution in [1.82, 2.24) is 0 Å². The first-order valence-corrected chi connectivity index (χ1v) is 3.77. The molecule has 0 heterocycles. The van der Waals surface area contributed by atoms with Crippen molar-refractivity contribution in [2.24, 2.45) is 11.7 Å². The van der Waals surface area contributed by atoms with Gasteiger partial charge in [-0.05, 0) is 6.92 Å². The molecule has 0 aliphatic rings. The number of hydrogen-bond donors (Lipinski definition) is 1. The number of nitriles is 1. The van der Waals surface area contributed by atoms with Crippen molar-refractivity contribution in [1.29, 1.82) is 5.26 Å². The second kappa shape index (κ2) is 5.20. The molecule has 0 unspecified atom stereocenters. The molecule has 2 heteroatoms. The molecule has 0 spiro atoms. The summed E-state index contributed by atoms with van der Waals surface area (Å²) < 4.78 is 0. The van der Waals surface area contributed by atoms with Gasteiger partial charge in [-0.3, -0.25) is 0 Å². The number of nitrogens with two attached hydrogens (primary N) is 1. The van der Waals surface area contributed by atoms with Crippen LogP contribution in [0.4, 0.5) is 0 Å². The highest BCUT2D eigenvalue weighted by Crippen LogP contribution is 2.10. The quantitative estimate of drug-likeness (QED) is 0.510. The molecule has 0 rings (SSSR count). The lowest BCUT2D eigenvalue weighted by atomic mass is 10.0. The molecule has 12 heavy (non-hydrogen) atoms. The maximum Gasteiger partial charge on any atom is 0.0968 e. The van der Waals surface area contributed by atoms with Crippen LogP contribution >= 0.6 is 0 Å². The van der Waals surface area contributed by atoms with Crippen molar-refractivity contribution in [3.05, 3.63) is 36.1 Å². The van der Waals surface area contributed by atoms with Crippen molar-refractivity contribution in [3.63, 3.8) is 0 Å². The van der Waals surface area contributed by atoms with Crippen LogP contribution in [-0.2, 0) is 0 Å². The monoisotopic (exact) mass is 162 g/mol. The summed E-state index contributed by atoms with van der Waals surface area (Å²) in [4.78, 5) is 0. The molecule has 0 aromatic carbocycles. The fourth-order valence-corrected chi connectivity index (χ4v) is 0.703. The largest absolute Gasteiger partial charge is 0.404 e. The Morgan fingerprint density at radius 3 is 2.58 bits per heavy atom. The first-order chi connectivity index (χ1) is 5.61. The third-order valence-corrected chi connectivity index (χ3v) is 1.47. The van der Waals surface area contributed by atoms with E-state index in [2.05, 4.69) is 6.58 Å². The van der Waals surface area contributed by atoms with Crippen LogP contribution in [0, 0.1) is 17.2 Å². The molecule has 0 aliphatic carbocycles. The number of allylic oxidation sites excluding steroid dienone is 4. The molecule has 0 saturated carbocycles. The van der Waals surface area contributed by atoms with E-state index in [1.807, 2.05) is 32.1 Å². The van der Waals surface area contributed by atoms with Crippen molar-refractivity contribution >= 4 is 0 Å². The molecule has 0 aromatic heterocycles. The summed E-state index contributed by atoms with van der Waals surface area (Å²) in [5, 5.41) is 8.61. The van der Waals surface area contributed by atoms with Crippen molar-refractivity contribution in [2.45, 2.75) is 13.8 Å². The molecule has 0 radical (unpaired) electrons. The van der Waals surface area contributed by atoms with Gasteiger partial charge in [0.25, 0.3) is 0 Å². The predicted octanol–water partition coefficient (Wildman–Crippen LogP) is 2.12. The lowest BCUT2D eigenvalue weighted by Gasteiger charge is -2.01. The number of rotatable bonds is 3. The topological polar surface area (TPSA) is 49.8 Å². The highest BCUT2D eigenvalue weighted by atomic mass is 14.5. The van der Waals surface area contributed by atoms with Gasteiger partial charge >= 0.3 is 0 Å². The molecule has 0 amide bonds. The SMILES string of the molecule is C=C(C)/C=C\[C@H](C)/C(C#N)=C/N. The van der Waals surface area contributed by atoms with Crippen LogP contribution in [0.5, 0.6) is 0 Å². The van der Waals surface area contributed by atoms with Gasteiger partial charge < -0.3 is 5.73 Å². The van der Waals surface area contributed by atoms with E-state index >= 15 is 0 Å². The molecule has 1 atom stereocenters. The van der Waals surface area contributed by atoms with E-state index < -0.39 is 0 Å². The van der Waals surface area contributed by atoms with Crippen LogP contribution in [0.25, 0.3) is 0 Å². The highest BCUT2D eigenvalue weighted by Gasteiger charge is 2.01. The Labute approximate surface area is 73.7 Å². The number of hydrogen-bond acceptors (Lipinski definition) is 2. The van der Waals surface area contributed by atoms with Gasteiger partial charge in [0.1, 0.15) is 0 Å². The van der Waals surface area contributed by atoms with Gasteiger partial charge in [0.2, 0.25) is 0 Å². The molecular formula is C10H14N2. The molecule has 0 bridgehead atoms. The Balaban J connectivity index is 4.33. The molecule has 0 saturated heterocycles. The Bertz CT molecular complexity index is 254. The molecule has 64 valence electrons. The maximum absolute atomic E-state index is 8.61. The summed E-state index contributed by atoms with van der Waals surface area (Å²) in [5.41, 5.74) is 6.79. The highest BCUT2D eigenvalue weighted by molar-refractivity contribution is 5.27. The fourth-order valence-electron chi connectivity index (χ4n) is 0.703. The van der Waals surface area contributed by atoms with E-state index in [0.29, 0.717) is 5.57 Å². The second-order valence-corrected chi connectivity index (χ2v) is 2.73. The van der Waals surface area contributed by atoms with Gasteiger partial charge in [-0.1, -0.05) is 31.2 Å². The second-order valence-electron chi connectivity index (χ2n) is 2.73. The van der Waals surface area contributed by atoms with Crippen LogP contribution in [0.2, 0.25) is 0 Å². The summed E-state index contributed by atoms with van der Waals surface area (Å²) >= 11 is 0. The zero-order valence-corrected chi connectivity index (χ0v) is 7.54. The zero-order valence-electron chi connectivity index (χ0n) is 7.54. The molecule has 0 aliphatic heterocycles. The van der Waals surface area contributed by atoms with Crippen LogP contribution < -0.4 is 5.73 Å². The summed E-state index contributed by atoms with van der Waals surface area (Å²) in [7, 11) is 0. The average molecular weight is 162 g/mol. The molecule has 2 N–H and O–H groups in total. The number of nitrogens with zero attached hydrogens (tertiary/aromatic N) is 1. The van der Waals surface area contributed by atoms with Gasteiger partial charge in [0, 0.05) is 12.1 Å². The smallest absolute Gasteiger partial charge is 0.0968 e. The summed E-state index contributed by atoms with van der Waals surface area (Å²) in [6, 6.07) is 2.03. The standard InChI is InChI=1S/C10H14N2/c1-8(2)4-5-9(3)10(6-11)7-12/h4-6,9H,1,11H2,2-3H3/b5-4-,10-6+/t9-/m0/s1. The van der Waals surface area contributed by atoms with Crippen molar-refractivity contribution < 1.29 is 0 Å². The predicted molar refractivity (Wildman–Crippen MR) is 51.0 cm³/mol. The third kappa shape index (κ3) is 3.62. The first kappa shape index (κ1) is 10.5. The summed E-state index contributed by atoms with van der Waals surface area (Å²) in [6.07, 6.45) is 5.13. The van der Waals surface area contributed by atoms with E-state index in [1.54, 1.807) is 0 Å². The Hall–Kier alpha value is -1.49. The lowest BCUT2D eigenvalue weighted by Crippen LogP contribution is -1.96. The molecule has 0 fully saturated rings. The Morgan fingerprint density at radius 2 is 2.25 bits per heavy atom. The van der Waals surface area contributed by atoms with Crippen LogP contribution in [0.15, 0.2) is 36.1 Å². The molecule has 2 nitrogen and oxygen atoms in total. The lowest BCUT2D eigenvalue weighted by molar-refractivity contribution is 0.889. The Morgan fingerprint density at radius 1 is 1.67 bits per heavy atom. The normalized spacial score (nSPS) is 14.2. The first-order valence-electron chi connectivity index (χ1n) is 3.77. The minimum absolute atomic E-state index is 0.0664. The van der Waals surface area contributed by atoms with Gasteiger partial charge in [-0.15, -0.1) is 0 Å². The zero-order chi connectivity index (χ0) is 9.56. The van der Waals surface area contributed by atoms with Gasteiger partial charge in [-0.2, -0.15) is 5.26 Å². The van der Waals surface area contributed by atoms with E-state index in [-0.39, 0.29) is 5.92 Å².